The Bertz CT molecular complexity index is 2280. The second-order valence-corrected chi connectivity index (χ2v) is 12.1. The summed E-state index contributed by atoms with van der Waals surface area (Å²) in [6.45, 7) is 6.17. The van der Waals surface area contributed by atoms with E-state index in [0.29, 0.717) is 20.6 Å². The van der Waals surface area contributed by atoms with Crippen LogP contribution in [0.15, 0.2) is 118 Å². The molecule has 0 unspecified atom stereocenters. The van der Waals surface area contributed by atoms with Crippen molar-refractivity contribution in [1.82, 2.24) is 9.55 Å². The molecule has 1 atom stereocenters. The maximum atomic E-state index is 14.5. The molecule has 1 N–H and O–H groups in total. The lowest BCUT2D eigenvalue weighted by atomic mass is 9.93. The van der Waals surface area contributed by atoms with Crippen LogP contribution in [0.2, 0.25) is 0 Å². The zero-order valence-corrected chi connectivity index (χ0v) is 26.0. The minimum absolute atomic E-state index is 0.206. The number of H-pyrrole nitrogens is 1. The average molecular weight is 610 g/mol. The van der Waals surface area contributed by atoms with Gasteiger partial charge < -0.3 is 9.72 Å². The number of nitrogens with zero attached hydrogens (tertiary/aromatic N) is 2. The first-order valence-electron chi connectivity index (χ1n) is 15.0. The highest BCUT2D eigenvalue weighted by Gasteiger charge is 2.35. The number of benzene rings is 4. The number of nitrogens with one attached hydrogen (secondary N) is 1. The number of hydrogen-bond acceptors (Lipinski definition) is 5. The summed E-state index contributed by atoms with van der Waals surface area (Å²) in [5.74, 6) is -0.489. The van der Waals surface area contributed by atoms with Gasteiger partial charge in [0.1, 0.15) is 0 Å². The first-order chi connectivity index (χ1) is 21.9. The van der Waals surface area contributed by atoms with Gasteiger partial charge in [-0.3, -0.25) is 9.36 Å². The van der Waals surface area contributed by atoms with Crippen molar-refractivity contribution in [2.75, 3.05) is 6.61 Å². The van der Waals surface area contributed by atoms with E-state index in [4.69, 9.17) is 9.73 Å². The fraction of sp³-hybridized carbons (Fsp3) is 0.132. The minimum atomic E-state index is -0.708. The van der Waals surface area contributed by atoms with E-state index in [9.17, 15) is 9.59 Å². The fourth-order valence-electron chi connectivity index (χ4n) is 6.18. The van der Waals surface area contributed by atoms with E-state index in [2.05, 4.69) is 43.1 Å². The van der Waals surface area contributed by atoms with Crippen LogP contribution in [0.4, 0.5) is 0 Å². The summed E-state index contributed by atoms with van der Waals surface area (Å²) < 4.78 is 7.77. The predicted octanol–water partition coefficient (Wildman–Crippen LogP) is 6.70. The Hall–Kier alpha value is -5.27. The van der Waals surface area contributed by atoms with Crippen LogP contribution in [0.1, 0.15) is 40.8 Å². The zero-order valence-electron chi connectivity index (χ0n) is 25.2. The van der Waals surface area contributed by atoms with E-state index in [1.54, 1.807) is 11.5 Å². The zero-order chi connectivity index (χ0) is 31.1. The predicted molar refractivity (Wildman–Crippen MR) is 181 cm³/mol. The highest BCUT2D eigenvalue weighted by molar-refractivity contribution is 7.07. The Kier molecular flexibility index (Phi) is 7.39. The second kappa shape index (κ2) is 11.7. The molecule has 0 bridgehead atoms. The first-order valence-corrected chi connectivity index (χ1v) is 15.8. The Labute approximate surface area is 264 Å². The molecule has 3 heterocycles. The van der Waals surface area contributed by atoms with Crippen molar-refractivity contribution in [3.05, 3.63) is 156 Å². The summed E-state index contributed by atoms with van der Waals surface area (Å²) in [6, 6.07) is 33.0. The van der Waals surface area contributed by atoms with E-state index < -0.39 is 12.0 Å². The molecule has 4 aromatic carbocycles. The second-order valence-electron chi connectivity index (χ2n) is 11.1. The van der Waals surface area contributed by atoms with Crippen LogP contribution in [-0.4, -0.2) is 22.1 Å². The van der Waals surface area contributed by atoms with Crippen LogP contribution < -0.4 is 14.9 Å². The van der Waals surface area contributed by atoms with Gasteiger partial charge in [0.15, 0.2) is 4.80 Å². The summed E-state index contributed by atoms with van der Waals surface area (Å²) in [6.07, 6.45) is 1.97. The van der Waals surface area contributed by atoms with E-state index in [1.165, 1.54) is 11.3 Å². The molecule has 0 saturated carbocycles. The van der Waals surface area contributed by atoms with Crippen molar-refractivity contribution in [3.63, 3.8) is 0 Å². The molecule has 0 aliphatic carbocycles. The van der Waals surface area contributed by atoms with Crippen molar-refractivity contribution < 1.29 is 9.53 Å². The number of esters is 1. The quantitative estimate of drug-likeness (QED) is 0.214. The third-order valence-corrected chi connectivity index (χ3v) is 9.10. The van der Waals surface area contributed by atoms with Gasteiger partial charge in [-0.15, -0.1) is 0 Å². The maximum absolute atomic E-state index is 14.5. The number of carbonyl (C=O) groups is 1. The van der Waals surface area contributed by atoms with Crippen molar-refractivity contribution >= 4 is 40.0 Å². The van der Waals surface area contributed by atoms with E-state index in [-0.39, 0.29) is 12.2 Å². The van der Waals surface area contributed by atoms with Crippen LogP contribution in [0.3, 0.4) is 0 Å². The monoisotopic (exact) mass is 609 g/mol. The third-order valence-electron chi connectivity index (χ3n) is 8.12. The standard InChI is InChI=1S/C38H31N3O3S/c1-4-44-37(43)31-34(26-16-10-6-11-17-26)40-38-41(35(31)27-18-12-7-13-19-27)36(42)30(45-38)22-29-28-21-23(2)20-24(3)32(28)39-33(29)25-14-8-5-9-15-25/h5-22,35,39H,4H2,1-3H3/b30-22+/t35-/m1/s1. The number of aromatic nitrogens is 2. The van der Waals surface area contributed by atoms with Crippen LogP contribution >= 0.6 is 11.3 Å². The largest absolute Gasteiger partial charge is 0.463 e. The van der Waals surface area contributed by atoms with E-state index >= 15 is 0 Å². The summed E-state index contributed by atoms with van der Waals surface area (Å²) in [4.78, 5) is 37.4. The van der Waals surface area contributed by atoms with Crippen LogP contribution in [0.25, 0.3) is 33.9 Å². The van der Waals surface area contributed by atoms with Gasteiger partial charge in [0.25, 0.3) is 5.56 Å². The molecule has 7 heteroatoms. The smallest absolute Gasteiger partial charge is 0.338 e. The van der Waals surface area contributed by atoms with Gasteiger partial charge in [-0.25, -0.2) is 9.79 Å². The normalized spacial score (nSPS) is 14.8. The lowest BCUT2D eigenvalue weighted by molar-refractivity contribution is -0.138. The molecule has 6 nitrogen and oxygen atoms in total. The summed E-state index contributed by atoms with van der Waals surface area (Å²) >= 11 is 1.33. The summed E-state index contributed by atoms with van der Waals surface area (Å²) in [5, 5.41) is 1.05. The van der Waals surface area contributed by atoms with Gasteiger partial charge in [-0.2, -0.15) is 0 Å². The number of aryl methyl sites for hydroxylation is 2. The van der Waals surface area contributed by atoms with E-state index in [1.807, 2.05) is 84.9 Å². The van der Waals surface area contributed by atoms with Crippen LogP contribution in [0.5, 0.6) is 0 Å². The van der Waals surface area contributed by atoms with Gasteiger partial charge in [0, 0.05) is 22.0 Å². The van der Waals surface area contributed by atoms with E-state index in [0.717, 1.165) is 50.0 Å². The Morgan fingerprint density at radius 3 is 2.24 bits per heavy atom. The number of aromatic amines is 1. The lowest BCUT2D eigenvalue weighted by Gasteiger charge is -2.25. The number of fused-ring (bicyclic) bond motifs is 2. The number of rotatable bonds is 6. The molecule has 0 fully saturated rings. The molecule has 45 heavy (non-hydrogen) atoms. The Morgan fingerprint density at radius 1 is 0.933 bits per heavy atom. The minimum Gasteiger partial charge on any atom is -0.463 e. The molecule has 1 aliphatic heterocycles. The van der Waals surface area contributed by atoms with Crippen molar-refractivity contribution in [2.45, 2.75) is 26.8 Å². The third kappa shape index (κ3) is 5.05. The number of carbonyl (C=O) groups excluding carboxylic acids is 1. The summed E-state index contributed by atoms with van der Waals surface area (Å²) in [7, 11) is 0. The molecule has 2 aromatic heterocycles. The van der Waals surface area contributed by atoms with Crippen LogP contribution in [0, 0.1) is 13.8 Å². The molecule has 1 aliphatic rings. The SMILES string of the molecule is CCOC(=O)C1=C(c2ccccc2)N=c2s/c(=C/c3c(-c4ccccc4)[nH]c4c(C)cc(C)cc34)c(=O)n2[C@@H]1c1ccccc1. The first kappa shape index (κ1) is 28.5. The van der Waals surface area contributed by atoms with Gasteiger partial charge in [-0.1, -0.05) is 114 Å². The van der Waals surface area contributed by atoms with Gasteiger partial charge >= 0.3 is 5.97 Å². The molecule has 0 spiro atoms. The van der Waals surface area contributed by atoms with Gasteiger partial charge in [-0.05, 0) is 49.6 Å². The average Bonchev–Trinajstić information content (AvgIpc) is 3.58. The van der Waals surface area contributed by atoms with Gasteiger partial charge in [0.2, 0.25) is 0 Å². The summed E-state index contributed by atoms with van der Waals surface area (Å²) in [5.41, 5.74) is 8.48. The number of ether oxygens (including phenoxy) is 1. The molecule has 0 radical (unpaired) electrons. The maximum Gasteiger partial charge on any atom is 0.338 e. The molecular formula is C38H31N3O3S. The highest BCUT2D eigenvalue weighted by Crippen LogP contribution is 2.36. The lowest BCUT2D eigenvalue weighted by Crippen LogP contribution is -2.40. The molecular weight excluding hydrogens is 579 g/mol. The Balaban J connectivity index is 1.54. The highest BCUT2D eigenvalue weighted by atomic mass is 32.1. The van der Waals surface area contributed by atoms with Crippen molar-refractivity contribution in [3.8, 4) is 11.3 Å². The number of thiazole rings is 1. The van der Waals surface area contributed by atoms with Gasteiger partial charge in [0.05, 0.1) is 34.1 Å². The molecule has 7 rings (SSSR count). The topological polar surface area (TPSA) is 76.4 Å². The van der Waals surface area contributed by atoms with Crippen molar-refractivity contribution in [2.24, 2.45) is 4.99 Å². The molecule has 222 valence electrons. The number of hydrogen-bond donors (Lipinski definition) is 1. The Morgan fingerprint density at radius 2 is 1.58 bits per heavy atom. The molecule has 0 saturated heterocycles. The molecule has 6 aromatic rings. The van der Waals surface area contributed by atoms with Crippen LogP contribution in [-0.2, 0) is 9.53 Å². The fourth-order valence-corrected chi connectivity index (χ4v) is 7.16. The molecule has 0 amide bonds. The van der Waals surface area contributed by atoms with Crippen molar-refractivity contribution in [1.29, 1.82) is 0 Å².